The molecule has 0 bridgehead atoms. The molecule has 23 heavy (non-hydrogen) atoms. The first-order chi connectivity index (χ1) is 11.1. The molecule has 0 rings (SSSR count). The van der Waals surface area contributed by atoms with E-state index in [1.807, 2.05) is 0 Å². The Morgan fingerprint density at radius 3 is 1.87 bits per heavy atom. The lowest BCUT2D eigenvalue weighted by Crippen LogP contribution is -2.39. The number of unbranched alkanes of at least 4 members (excludes halogenated alkanes) is 6. The van der Waals surface area contributed by atoms with Crippen molar-refractivity contribution in [2.75, 3.05) is 27.3 Å². The fourth-order valence-corrected chi connectivity index (χ4v) is 3.16. The van der Waals surface area contributed by atoms with Gasteiger partial charge in [-0.25, -0.2) is 0 Å². The highest BCUT2D eigenvalue weighted by molar-refractivity contribution is 4.75. The third-order valence-electron chi connectivity index (χ3n) is 5.07. The average molecular weight is 330 g/mol. The minimum atomic E-state index is -0.438. The van der Waals surface area contributed by atoms with Crippen LogP contribution in [0, 0.1) is 5.92 Å². The lowest BCUT2D eigenvalue weighted by molar-refractivity contribution is -0.230. The SMILES string of the molecule is CCCCCCCCC(CCCNCCCC)C(C)(OC)OC. The molecule has 0 spiro atoms. The number of hydrogen-bond donors (Lipinski definition) is 1. The summed E-state index contributed by atoms with van der Waals surface area (Å²) in [4.78, 5) is 0. The van der Waals surface area contributed by atoms with Gasteiger partial charge in [0.2, 0.25) is 0 Å². The molecule has 1 unspecified atom stereocenters. The highest BCUT2D eigenvalue weighted by Gasteiger charge is 2.33. The summed E-state index contributed by atoms with van der Waals surface area (Å²) in [6.45, 7) is 8.86. The van der Waals surface area contributed by atoms with Crippen molar-refractivity contribution in [1.82, 2.24) is 5.32 Å². The van der Waals surface area contributed by atoms with E-state index in [4.69, 9.17) is 9.47 Å². The van der Waals surface area contributed by atoms with Crippen LogP contribution in [0.2, 0.25) is 0 Å². The van der Waals surface area contributed by atoms with Gasteiger partial charge in [-0.1, -0.05) is 58.8 Å². The van der Waals surface area contributed by atoms with Crippen LogP contribution >= 0.6 is 0 Å². The molecule has 0 aliphatic carbocycles. The van der Waals surface area contributed by atoms with Crippen LogP contribution in [0.5, 0.6) is 0 Å². The van der Waals surface area contributed by atoms with Crippen LogP contribution in [0.3, 0.4) is 0 Å². The third-order valence-corrected chi connectivity index (χ3v) is 5.07. The maximum Gasteiger partial charge on any atom is 0.167 e. The molecule has 0 saturated carbocycles. The zero-order valence-electron chi connectivity index (χ0n) is 16.6. The van der Waals surface area contributed by atoms with Gasteiger partial charge in [-0.15, -0.1) is 0 Å². The van der Waals surface area contributed by atoms with E-state index in [2.05, 4.69) is 26.1 Å². The Bertz CT molecular complexity index is 226. The molecular formula is C20H43NO2. The fraction of sp³-hybridized carbons (Fsp3) is 1.00. The predicted octanol–water partition coefficient (Wildman–Crippen LogP) is 5.53. The van der Waals surface area contributed by atoms with E-state index in [9.17, 15) is 0 Å². The first-order valence-electron chi connectivity index (χ1n) is 9.95. The third kappa shape index (κ3) is 11.1. The van der Waals surface area contributed by atoms with E-state index in [0.29, 0.717) is 5.92 Å². The van der Waals surface area contributed by atoms with Crippen molar-refractivity contribution < 1.29 is 9.47 Å². The summed E-state index contributed by atoms with van der Waals surface area (Å²) < 4.78 is 11.4. The fourth-order valence-electron chi connectivity index (χ4n) is 3.16. The molecule has 0 radical (unpaired) electrons. The van der Waals surface area contributed by atoms with Gasteiger partial charge in [-0.2, -0.15) is 0 Å². The molecule has 0 aliphatic heterocycles. The van der Waals surface area contributed by atoms with Gasteiger partial charge in [0.1, 0.15) is 0 Å². The minimum Gasteiger partial charge on any atom is -0.353 e. The quantitative estimate of drug-likeness (QED) is 0.281. The van der Waals surface area contributed by atoms with Gasteiger partial charge in [-0.3, -0.25) is 0 Å². The summed E-state index contributed by atoms with van der Waals surface area (Å²) >= 11 is 0. The highest BCUT2D eigenvalue weighted by Crippen LogP contribution is 2.31. The van der Waals surface area contributed by atoms with Crippen molar-refractivity contribution in [1.29, 1.82) is 0 Å². The second kappa shape index (κ2) is 15.4. The second-order valence-corrected chi connectivity index (χ2v) is 6.92. The van der Waals surface area contributed by atoms with E-state index >= 15 is 0 Å². The molecule has 3 nitrogen and oxygen atoms in total. The Morgan fingerprint density at radius 1 is 0.739 bits per heavy atom. The van der Waals surface area contributed by atoms with Crippen molar-refractivity contribution in [3.05, 3.63) is 0 Å². The molecule has 0 heterocycles. The molecule has 1 atom stereocenters. The van der Waals surface area contributed by atoms with Gasteiger partial charge in [0.25, 0.3) is 0 Å². The summed E-state index contributed by atoms with van der Waals surface area (Å²) in [5.41, 5.74) is 0. The number of rotatable bonds is 17. The van der Waals surface area contributed by atoms with E-state index < -0.39 is 5.79 Å². The van der Waals surface area contributed by atoms with Crippen molar-refractivity contribution in [2.24, 2.45) is 5.92 Å². The molecule has 1 N–H and O–H groups in total. The topological polar surface area (TPSA) is 30.5 Å². The maximum atomic E-state index is 5.70. The van der Waals surface area contributed by atoms with Gasteiger partial charge in [-0.05, 0) is 45.7 Å². The number of nitrogens with one attached hydrogen (secondary N) is 1. The van der Waals surface area contributed by atoms with Gasteiger partial charge in [0.15, 0.2) is 5.79 Å². The van der Waals surface area contributed by atoms with Crippen molar-refractivity contribution in [3.8, 4) is 0 Å². The molecule has 3 heteroatoms. The summed E-state index contributed by atoms with van der Waals surface area (Å²) in [5.74, 6) is 0.0453. The van der Waals surface area contributed by atoms with Gasteiger partial charge >= 0.3 is 0 Å². The van der Waals surface area contributed by atoms with Crippen LogP contribution in [0.4, 0.5) is 0 Å². The summed E-state index contributed by atoms with van der Waals surface area (Å²) in [7, 11) is 3.55. The van der Waals surface area contributed by atoms with Crippen LogP contribution in [0.15, 0.2) is 0 Å². The van der Waals surface area contributed by atoms with E-state index in [-0.39, 0.29) is 0 Å². The lowest BCUT2D eigenvalue weighted by Gasteiger charge is -2.35. The molecular weight excluding hydrogens is 286 g/mol. The van der Waals surface area contributed by atoms with Crippen LogP contribution in [0.1, 0.15) is 91.4 Å². The van der Waals surface area contributed by atoms with Crippen LogP contribution in [-0.4, -0.2) is 33.1 Å². The largest absolute Gasteiger partial charge is 0.353 e. The standard InChI is InChI=1S/C20H43NO2/c1-6-8-10-11-12-13-15-19(20(3,22-4)23-5)16-14-18-21-17-9-7-2/h19,21H,6-18H2,1-5H3. The molecule has 0 aromatic carbocycles. The Labute approximate surface area is 145 Å². The van der Waals surface area contributed by atoms with Crippen molar-refractivity contribution >= 4 is 0 Å². The molecule has 0 amide bonds. The zero-order chi connectivity index (χ0) is 17.4. The Kier molecular flexibility index (Phi) is 15.3. The first kappa shape index (κ1) is 22.9. The predicted molar refractivity (Wildman–Crippen MR) is 101 cm³/mol. The van der Waals surface area contributed by atoms with Crippen LogP contribution in [-0.2, 0) is 9.47 Å². The molecule has 140 valence electrons. The van der Waals surface area contributed by atoms with Gasteiger partial charge in [0.05, 0.1) is 0 Å². The summed E-state index contributed by atoms with van der Waals surface area (Å²) in [6.07, 6.45) is 14.2. The van der Waals surface area contributed by atoms with Gasteiger partial charge in [0, 0.05) is 20.1 Å². The molecule has 0 aromatic heterocycles. The molecule has 0 aliphatic rings. The summed E-state index contributed by atoms with van der Waals surface area (Å²) in [5, 5.41) is 3.54. The Balaban J connectivity index is 4.09. The first-order valence-corrected chi connectivity index (χ1v) is 9.95. The molecule has 0 saturated heterocycles. The van der Waals surface area contributed by atoms with Crippen LogP contribution < -0.4 is 5.32 Å². The lowest BCUT2D eigenvalue weighted by atomic mass is 9.88. The maximum absolute atomic E-state index is 5.70. The van der Waals surface area contributed by atoms with E-state index in [1.54, 1.807) is 14.2 Å². The van der Waals surface area contributed by atoms with E-state index in [1.165, 1.54) is 70.6 Å². The second-order valence-electron chi connectivity index (χ2n) is 6.92. The van der Waals surface area contributed by atoms with Crippen molar-refractivity contribution in [2.45, 2.75) is 97.2 Å². The normalized spacial score (nSPS) is 13.4. The van der Waals surface area contributed by atoms with Crippen molar-refractivity contribution in [3.63, 3.8) is 0 Å². The molecule has 0 aromatic rings. The van der Waals surface area contributed by atoms with Gasteiger partial charge < -0.3 is 14.8 Å². The average Bonchev–Trinajstić information content (AvgIpc) is 2.58. The zero-order valence-corrected chi connectivity index (χ0v) is 16.6. The number of ether oxygens (including phenoxy) is 2. The van der Waals surface area contributed by atoms with Crippen LogP contribution in [0.25, 0.3) is 0 Å². The Morgan fingerprint density at radius 2 is 1.26 bits per heavy atom. The Hall–Kier alpha value is -0.120. The summed E-state index contributed by atoms with van der Waals surface area (Å²) in [6, 6.07) is 0. The highest BCUT2D eigenvalue weighted by atomic mass is 16.7. The molecule has 0 fully saturated rings. The number of hydrogen-bond acceptors (Lipinski definition) is 3. The minimum absolute atomic E-state index is 0.438. The monoisotopic (exact) mass is 329 g/mol. The smallest absolute Gasteiger partial charge is 0.167 e. The number of methoxy groups -OCH3 is 2. The van der Waals surface area contributed by atoms with E-state index in [0.717, 1.165) is 13.1 Å².